The first-order valence-electron chi connectivity index (χ1n) is 7.11. The minimum Gasteiger partial charge on any atom is -0.504 e. The molecule has 1 aliphatic carbocycles. The summed E-state index contributed by atoms with van der Waals surface area (Å²) in [5, 5.41) is 13.4. The Kier molecular flexibility index (Phi) is 7.07. The molecule has 1 saturated heterocycles. The maximum Gasteiger partial charge on any atom is 0.160 e. The highest BCUT2D eigenvalue weighted by Crippen LogP contribution is 2.45. The van der Waals surface area contributed by atoms with Crippen molar-refractivity contribution in [2.75, 3.05) is 33.3 Å². The zero-order chi connectivity index (χ0) is 13.2. The van der Waals surface area contributed by atoms with E-state index < -0.39 is 0 Å². The standard InChI is InChI=1S/C15H22N2O2.2ClH/c1-19-14-5-4-12(10-13(14)18)15(11-2-3-11)17-8-6-16-7-9-17;;/h4-5,10-11,15-16,18H,2-3,6-9H2,1H3;2*1H/t15-;;/m0../s1. The van der Waals surface area contributed by atoms with Gasteiger partial charge in [0.1, 0.15) is 0 Å². The minimum absolute atomic E-state index is 0. The fourth-order valence-electron chi connectivity index (χ4n) is 3.04. The molecule has 6 heteroatoms. The number of benzene rings is 1. The average Bonchev–Trinajstić information content (AvgIpc) is 3.25. The van der Waals surface area contributed by atoms with Gasteiger partial charge in [-0.25, -0.2) is 0 Å². The second-order valence-electron chi connectivity index (χ2n) is 5.50. The second-order valence-corrected chi connectivity index (χ2v) is 5.50. The van der Waals surface area contributed by atoms with Crippen LogP contribution in [0.25, 0.3) is 0 Å². The minimum atomic E-state index is 0. The molecule has 1 aromatic rings. The van der Waals surface area contributed by atoms with Crippen molar-refractivity contribution >= 4 is 24.8 Å². The lowest BCUT2D eigenvalue weighted by Gasteiger charge is -2.35. The van der Waals surface area contributed by atoms with Gasteiger partial charge in [0.15, 0.2) is 11.5 Å². The lowest BCUT2D eigenvalue weighted by Crippen LogP contribution is -2.45. The third-order valence-corrected chi connectivity index (χ3v) is 4.16. The molecule has 0 amide bonds. The maximum absolute atomic E-state index is 9.98. The van der Waals surface area contributed by atoms with Crippen LogP contribution in [0.1, 0.15) is 24.4 Å². The Bertz CT molecular complexity index is 449. The van der Waals surface area contributed by atoms with Crippen molar-refractivity contribution in [3.05, 3.63) is 23.8 Å². The molecule has 21 heavy (non-hydrogen) atoms. The summed E-state index contributed by atoms with van der Waals surface area (Å²) in [6.45, 7) is 4.30. The number of phenolic OH excluding ortho intramolecular Hbond substituents is 1. The molecule has 1 atom stereocenters. The van der Waals surface area contributed by atoms with Gasteiger partial charge in [-0.1, -0.05) is 6.07 Å². The summed E-state index contributed by atoms with van der Waals surface area (Å²) in [4.78, 5) is 2.55. The van der Waals surface area contributed by atoms with E-state index in [0.717, 1.165) is 32.1 Å². The highest BCUT2D eigenvalue weighted by Gasteiger charge is 2.36. The third kappa shape index (κ3) is 4.16. The van der Waals surface area contributed by atoms with Gasteiger partial charge in [-0.15, -0.1) is 24.8 Å². The molecule has 4 nitrogen and oxygen atoms in total. The van der Waals surface area contributed by atoms with E-state index in [-0.39, 0.29) is 30.6 Å². The molecule has 120 valence electrons. The van der Waals surface area contributed by atoms with Gasteiger partial charge in [0.25, 0.3) is 0 Å². The number of halogens is 2. The number of ether oxygens (including phenoxy) is 1. The number of rotatable bonds is 4. The van der Waals surface area contributed by atoms with E-state index in [1.165, 1.54) is 18.4 Å². The van der Waals surface area contributed by atoms with Crippen LogP contribution < -0.4 is 10.1 Å². The van der Waals surface area contributed by atoms with Gasteiger partial charge in [0, 0.05) is 32.2 Å². The topological polar surface area (TPSA) is 44.7 Å². The van der Waals surface area contributed by atoms with Crippen LogP contribution >= 0.6 is 24.8 Å². The number of nitrogens with zero attached hydrogens (tertiary/aromatic N) is 1. The van der Waals surface area contributed by atoms with Gasteiger partial charge < -0.3 is 15.2 Å². The van der Waals surface area contributed by atoms with Crippen LogP contribution in [0, 0.1) is 5.92 Å². The molecule has 3 rings (SSSR count). The van der Waals surface area contributed by atoms with Crippen LogP contribution in [0.4, 0.5) is 0 Å². The van der Waals surface area contributed by atoms with E-state index in [1.807, 2.05) is 12.1 Å². The lowest BCUT2D eigenvalue weighted by molar-refractivity contribution is 0.156. The number of hydrogen-bond acceptors (Lipinski definition) is 4. The summed E-state index contributed by atoms with van der Waals surface area (Å²) >= 11 is 0. The van der Waals surface area contributed by atoms with Gasteiger partial charge in [0.05, 0.1) is 7.11 Å². The normalized spacial score (nSPS) is 20.0. The predicted molar refractivity (Wildman–Crippen MR) is 89.1 cm³/mol. The molecule has 1 aliphatic heterocycles. The number of methoxy groups -OCH3 is 1. The van der Waals surface area contributed by atoms with Crippen LogP contribution in [-0.4, -0.2) is 43.3 Å². The molecule has 0 bridgehead atoms. The Morgan fingerprint density at radius 3 is 2.43 bits per heavy atom. The monoisotopic (exact) mass is 334 g/mol. The number of aromatic hydroxyl groups is 1. The molecule has 1 heterocycles. The first kappa shape index (κ1) is 18.4. The molecule has 0 aromatic heterocycles. The molecule has 1 saturated carbocycles. The number of phenols is 1. The maximum atomic E-state index is 9.98. The number of hydrogen-bond donors (Lipinski definition) is 2. The number of nitrogens with one attached hydrogen (secondary N) is 1. The van der Waals surface area contributed by atoms with E-state index in [9.17, 15) is 5.11 Å². The molecule has 2 N–H and O–H groups in total. The van der Waals surface area contributed by atoms with E-state index in [2.05, 4.69) is 16.3 Å². The summed E-state index contributed by atoms with van der Waals surface area (Å²) in [6.07, 6.45) is 2.61. The van der Waals surface area contributed by atoms with Crippen molar-refractivity contribution in [1.82, 2.24) is 10.2 Å². The lowest BCUT2D eigenvalue weighted by atomic mass is 9.99. The first-order valence-corrected chi connectivity index (χ1v) is 7.11. The van der Waals surface area contributed by atoms with Gasteiger partial charge in [-0.05, 0) is 36.5 Å². The van der Waals surface area contributed by atoms with Crippen LogP contribution in [0.3, 0.4) is 0 Å². The van der Waals surface area contributed by atoms with E-state index in [0.29, 0.717) is 11.8 Å². The van der Waals surface area contributed by atoms with Crippen molar-refractivity contribution in [3.63, 3.8) is 0 Å². The zero-order valence-electron chi connectivity index (χ0n) is 12.2. The average molecular weight is 335 g/mol. The molecule has 2 aliphatic rings. The van der Waals surface area contributed by atoms with Crippen molar-refractivity contribution in [2.24, 2.45) is 5.92 Å². The van der Waals surface area contributed by atoms with Crippen molar-refractivity contribution in [1.29, 1.82) is 0 Å². The van der Waals surface area contributed by atoms with Gasteiger partial charge in [-0.3, -0.25) is 4.90 Å². The van der Waals surface area contributed by atoms with Crippen molar-refractivity contribution in [3.8, 4) is 11.5 Å². The molecular weight excluding hydrogens is 311 g/mol. The van der Waals surface area contributed by atoms with Crippen LogP contribution in [-0.2, 0) is 0 Å². The Balaban J connectivity index is 0.00000110. The first-order chi connectivity index (χ1) is 9.29. The molecule has 0 unspecified atom stereocenters. The summed E-state index contributed by atoms with van der Waals surface area (Å²) in [6, 6.07) is 6.31. The Labute approximate surface area is 138 Å². The molecule has 2 fully saturated rings. The third-order valence-electron chi connectivity index (χ3n) is 4.16. The Morgan fingerprint density at radius 2 is 1.90 bits per heavy atom. The number of piperazine rings is 1. The van der Waals surface area contributed by atoms with Gasteiger partial charge in [0.2, 0.25) is 0 Å². The van der Waals surface area contributed by atoms with Crippen LogP contribution in [0.15, 0.2) is 18.2 Å². The van der Waals surface area contributed by atoms with E-state index in [1.54, 1.807) is 7.11 Å². The van der Waals surface area contributed by atoms with Crippen molar-refractivity contribution < 1.29 is 9.84 Å². The quantitative estimate of drug-likeness (QED) is 0.888. The Hall–Kier alpha value is -0.680. The fourth-order valence-corrected chi connectivity index (χ4v) is 3.04. The van der Waals surface area contributed by atoms with E-state index in [4.69, 9.17) is 4.74 Å². The largest absolute Gasteiger partial charge is 0.504 e. The molecule has 0 radical (unpaired) electrons. The zero-order valence-corrected chi connectivity index (χ0v) is 13.9. The highest BCUT2D eigenvalue weighted by atomic mass is 35.5. The van der Waals surface area contributed by atoms with Crippen molar-refractivity contribution in [2.45, 2.75) is 18.9 Å². The molecular formula is C15H24Cl2N2O2. The van der Waals surface area contributed by atoms with Crippen LogP contribution in [0.2, 0.25) is 0 Å². The smallest absolute Gasteiger partial charge is 0.160 e. The summed E-state index contributed by atoms with van der Waals surface area (Å²) in [7, 11) is 1.59. The van der Waals surface area contributed by atoms with Crippen LogP contribution in [0.5, 0.6) is 11.5 Å². The Morgan fingerprint density at radius 1 is 1.24 bits per heavy atom. The second kappa shape index (κ2) is 8.08. The fraction of sp³-hybridized carbons (Fsp3) is 0.600. The molecule has 1 aromatic carbocycles. The summed E-state index contributed by atoms with van der Waals surface area (Å²) in [5.41, 5.74) is 1.22. The highest BCUT2D eigenvalue weighted by molar-refractivity contribution is 5.85. The summed E-state index contributed by atoms with van der Waals surface area (Å²) in [5.74, 6) is 1.56. The predicted octanol–water partition coefficient (Wildman–Crippen LogP) is 2.60. The molecule has 0 spiro atoms. The van der Waals surface area contributed by atoms with E-state index >= 15 is 0 Å². The van der Waals surface area contributed by atoms with Gasteiger partial charge >= 0.3 is 0 Å². The summed E-state index contributed by atoms with van der Waals surface area (Å²) < 4.78 is 5.13. The van der Waals surface area contributed by atoms with Gasteiger partial charge in [-0.2, -0.15) is 0 Å². The SMILES string of the molecule is COc1ccc([C@H](C2CC2)N2CCNCC2)cc1O.Cl.Cl.